The van der Waals surface area contributed by atoms with Gasteiger partial charge in [0.1, 0.15) is 5.69 Å². The summed E-state index contributed by atoms with van der Waals surface area (Å²) >= 11 is 0. The van der Waals surface area contributed by atoms with Gasteiger partial charge in [-0.25, -0.2) is 4.68 Å². The maximum atomic E-state index is 12.1. The second-order valence-corrected chi connectivity index (χ2v) is 5.30. The van der Waals surface area contributed by atoms with E-state index >= 15 is 0 Å². The minimum absolute atomic E-state index is 0.204. The summed E-state index contributed by atoms with van der Waals surface area (Å²) in [5.41, 5.74) is 2.70. The predicted octanol–water partition coefficient (Wildman–Crippen LogP) is 1.69. The summed E-state index contributed by atoms with van der Waals surface area (Å²) in [4.78, 5) is 23.2. The number of aromatic nitrogens is 4. The molecular formula is C16H17N5O2. The van der Waals surface area contributed by atoms with E-state index in [0.717, 1.165) is 16.9 Å². The summed E-state index contributed by atoms with van der Waals surface area (Å²) in [6.07, 6.45) is 1.74. The van der Waals surface area contributed by atoms with Gasteiger partial charge in [0, 0.05) is 17.3 Å². The molecule has 1 amide bonds. The first-order valence-corrected chi connectivity index (χ1v) is 7.25. The monoisotopic (exact) mass is 311 g/mol. The van der Waals surface area contributed by atoms with E-state index in [2.05, 4.69) is 20.6 Å². The van der Waals surface area contributed by atoms with E-state index in [9.17, 15) is 9.59 Å². The standard InChI is InChI=1S/C16H17N5O2/c1-10(18-16(23)14-8-15(22)20-19-14)13-9-17-21(11(13)2)12-6-4-3-5-7-12/h3-10H,1-2H3,(H,18,23)(H2,19,20,22). The minimum atomic E-state index is -0.345. The number of nitrogens with zero attached hydrogens (tertiary/aromatic N) is 2. The van der Waals surface area contributed by atoms with E-state index in [-0.39, 0.29) is 23.2 Å². The Labute approximate surface area is 132 Å². The molecular weight excluding hydrogens is 294 g/mol. The van der Waals surface area contributed by atoms with Crippen LogP contribution in [0.15, 0.2) is 47.4 Å². The summed E-state index contributed by atoms with van der Waals surface area (Å²) in [6.45, 7) is 3.83. The molecule has 0 fully saturated rings. The molecule has 0 aliphatic rings. The fourth-order valence-electron chi connectivity index (χ4n) is 2.48. The van der Waals surface area contributed by atoms with Crippen molar-refractivity contribution in [1.82, 2.24) is 25.3 Å². The van der Waals surface area contributed by atoms with Crippen molar-refractivity contribution in [2.45, 2.75) is 19.9 Å². The molecule has 7 heteroatoms. The third-order valence-corrected chi connectivity index (χ3v) is 3.70. The Morgan fingerprint density at radius 2 is 2.00 bits per heavy atom. The second kappa shape index (κ2) is 5.96. The molecule has 118 valence electrons. The molecule has 0 spiro atoms. The molecule has 2 aromatic heterocycles. The lowest BCUT2D eigenvalue weighted by Crippen LogP contribution is -2.27. The van der Waals surface area contributed by atoms with Gasteiger partial charge in [0.05, 0.1) is 17.9 Å². The van der Waals surface area contributed by atoms with E-state index in [1.165, 1.54) is 6.07 Å². The molecule has 3 N–H and O–H groups in total. The van der Waals surface area contributed by atoms with Crippen LogP contribution in [0.2, 0.25) is 0 Å². The lowest BCUT2D eigenvalue weighted by Gasteiger charge is -2.13. The topological polar surface area (TPSA) is 95.6 Å². The number of hydrogen-bond acceptors (Lipinski definition) is 3. The lowest BCUT2D eigenvalue weighted by molar-refractivity contribution is 0.0934. The van der Waals surface area contributed by atoms with Crippen LogP contribution in [0, 0.1) is 6.92 Å². The average Bonchev–Trinajstić information content (AvgIpc) is 3.14. The summed E-state index contributed by atoms with van der Waals surface area (Å²) in [6, 6.07) is 10.8. The lowest BCUT2D eigenvalue weighted by atomic mass is 10.1. The van der Waals surface area contributed by atoms with Crippen molar-refractivity contribution >= 4 is 5.91 Å². The molecule has 2 heterocycles. The quantitative estimate of drug-likeness (QED) is 0.684. The number of benzene rings is 1. The Morgan fingerprint density at radius 3 is 2.65 bits per heavy atom. The van der Waals surface area contributed by atoms with Gasteiger partial charge in [0.25, 0.3) is 11.5 Å². The van der Waals surface area contributed by atoms with Crippen LogP contribution in [0.4, 0.5) is 0 Å². The molecule has 0 radical (unpaired) electrons. The van der Waals surface area contributed by atoms with Crippen LogP contribution in [-0.2, 0) is 0 Å². The highest BCUT2D eigenvalue weighted by Gasteiger charge is 2.17. The second-order valence-electron chi connectivity index (χ2n) is 5.30. The van der Waals surface area contributed by atoms with Gasteiger partial charge in [0.2, 0.25) is 0 Å². The van der Waals surface area contributed by atoms with Crippen molar-refractivity contribution in [3.05, 3.63) is 69.9 Å². The molecule has 23 heavy (non-hydrogen) atoms. The SMILES string of the molecule is Cc1c(C(C)NC(=O)c2cc(=O)[nH][nH]2)cnn1-c1ccccc1. The summed E-state index contributed by atoms with van der Waals surface area (Å²) in [7, 11) is 0. The van der Waals surface area contributed by atoms with Crippen molar-refractivity contribution in [2.24, 2.45) is 0 Å². The number of carbonyl (C=O) groups excluding carboxylic acids is 1. The normalized spacial score (nSPS) is 12.1. The highest BCUT2D eigenvalue weighted by Crippen LogP contribution is 2.20. The average molecular weight is 311 g/mol. The van der Waals surface area contributed by atoms with Gasteiger partial charge in [-0.05, 0) is 26.0 Å². The van der Waals surface area contributed by atoms with Gasteiger partial charge >= 0.3 is 0 Å². The Kier molecular flexibility index (Phi) is 3.84. The van der Waals surface area contributed by atoms with Gasteiger partial charge in [-0.1, -0.05) is 18.2 Å². The number of aromatic amines is 2. The van der Waals surface area contributed by atoms with E-state index in [0.29, 0.717) is 0 Å². The third-order valence-electron chi connectivity index (χ3n) is 3.70. The molecule has 0 bridgehead atoms. The van der Waals surface area contributed by atoms with Crippen LogP contribution in [0.1, 0.15) is 34.7 Å². The van der Waals surface area contributed by atoms with Crippen LogP contribution < -0.4 is 10.9 Å². The predicted molar refractivity (Wildman–Crippen MR) is 85.6 cm³/mol. The Bertz CT molecular complexity index is 875. The molecule has 3 rings (SSSR count). The first kappa shape index (κ1) is 14.8. The van der Waals surface area contributed by atoms with E-state index in [4.69, 9.17) is 0 Å². The number of nitrogens with one attached hydrogen (secondary N) is 3. The van der Waals surface area contributed by atoms with Gasteiger partial charge in [-0.2, -0.15) is 5.10 Å². The number of para-hydroxylation sites is 1. The first-order valence-electron chi connectivity index (χ1n) is 7.25. The fraction of sp³-hybridized carbons (Fsp3) is 0.188. The Balaban J connectivity index is 1.81. The fourth-order valence-corrected chi connectivity index (χ4v) is 2.48. The highest BCUT2D eigenvalue weighted by atomic mass is 16.2. The van der Waals surface area contributed by atoms with Crippen molar-refractivity contribution in [3.63, 3.8) is 0 Å². The molecule has 1 atom stereocenters. The van der Waals surface area contributed by atoms with E-state index in [1.54, 1.807) is 6.20 Å². The van der Waals surface area contributed by atoms with Crippen LogP contribution >= 0.6 is 0 Å². The highest BCUT2D eigenvalue weighted by molar-refractivity contribution is 5.92. The molecule has 1 aromatic carbocycles. The van der Waals surface area contributed by atoms with Gasteiger partial charge in [-0.3, -0.25) is 19.8 Å². The molecule has 0 aliphatic carbocycles. The molecule has 1 unspecified atom stereocenters. The zero-order chi connectivity index (χ0) is 16.4. The minimum Gasteiger partial charge on any atom is -0.344 e. The molecule has 0 saturated carbocycles. The molecule has 0 saturated heterocycles. The number of H-pyrrole nitrogens is 2. The van der Waals surface area contributed by atoms with E-state index < -0.39 is 0 Å². The first-order chi connectivity index (χ1) is 11.1. The van der Waals surface area contributed by atoms with Gasteiger partial charge in [-0.15, -0.1) is 0 Å². The smallest absolute Gasteiger partial charge is 0.269 e. The van der Waals surface area contributed by atoms with Crippen molar-refractivity contribution < 1.29 is 4.79 Å². The maximum absolute atomic E-state index is 12.1. The zero-order valence-corrected chi connectivity index (χ0v) is 12.8. The van der Waals surface area contributed by atoms with Crippen LogP contribution in [0.5, 0.6) is 0 Å². The summed E-state index contributed by atoms with van der Waals surface area (Å²) < 4.78 is 1.83. The van der Waals surface area contributed by atoms with Gasteiger partial charge < -0.3 is 5.32 Å². The molecule has 7 nitrogen and oxygen atoms in total. The van der Waals surface area contributed by atoms with Crippen LogP contribution in [0.3, 0.4) is 0 Å². The number of carbonyl (C=O) groups is 1. The summed E-state index contributed by atoms with van der Waals surface area (Å²) in [5, 5.41) is 12.1. The van der Waals surface area contributed by atoms with Crippen molar-refractivity contribution in [3.8, 4) is 5.69 Å². The largest absolute Gasteiger partial charge is 0.344 e. The third kappa shape index (κ3) is 2.94. The Morgan fingerprint density at radius 1 is 1.26 bits per heavy atom. The zero-order valence-electron chi connectivity index (χ0n) is 12.8. The van der Waals surface area contributed by atoms with Crippen molar-refractivity contribution in [2.75, 3.05) is 0 Å². The van der Waals surface area contributed by atoms with Crippen molar-refractivity contribution in [1.29, 1.82) is 0 Å². The van der Waals surface area contributed by atoms with Crippen LogP contribution in [-0.4, -0.2) is 25.9 Å². The number of amides is 1. The van der Waals surface area contributed by atoms with Crippen LogP contribution in [0.25, 0.3) is 5.69 Å². The maximum Gasteiger partial charge on any atom is 0.269 e. The van der Waals surface area contributed by atoms with Gasteiger partial charge in [0.15, 0.2) is 0 Å². The number of hydrogen-bond donors (Lipinski definition) is 3. The number of rotatable bonds is 4. The molecule has 0 aliphatic heterocycles. The van der Waals surface area contributed by atoms with E-state index in [1.807, 2.05) is 48.9 Å². The Hall–Kier alpha value is -3.09. The summed E-state index contributed by atoms with van der Waals surface area (Å²) in [5.74, 6) is -0.345. The molecule has 3 aromatic rings.